The van der Waals surface area contributed by atoms with Crippen LogP contribution in [0.3, 0.4) is 0 Å². The molecule has 8 heteroatoms. The highest BCUT2D eigenvalue weighted by Crippen LogP contribution is 2.29. The molecule has 0 atom stereocenters. The Kier molecular flexibility index (Phi) is 6.77. The van der Waals surface area contributed by atoms with Crippen molar-refractivity contribution in [3.8, 4) is 0 Å². The molecule has 1 aromatic carbocycles. The molecule has 29 heavy (non-hydrogen) atoms. The maximum Gasteiger partial charge on any atom is 0.350 e. The van der Waals surface area contributed by atoms with Crippen LogP contribution >= 0.6 is 11.3 Å². The molecule has 0 radical (unpaired) electrons. The predicted octanol–water partition coefficient (Wildman–Crippen LogP) is 4.53. The Morgan fingerprint density at radius 2 is 2.00 bits per heavy atom. The fourth-order valence-corrected chi connectivity index (χ4v) is 3.72. The van der Waals surface area contributed by atoms with Crippen LogP contribution in [0.25, 0.3) is 0 Å². The maximum absolute atomic E-state index is 13.2. The van der Waals surface area contributed by atoms with Crippen LogP contribution in [0.2, 0.25) is 0 Å². The number of thiazole rings is 1. The van der Waals surface area contributed by atoms with E-state index in [0.717, 1.165) is 16.9 Å². The Morgan fingerprint density at radius 1 is 1.24 bits per heavy atom. The smallest absolute Gasteiger partial charge is 0.350 e. The lowest BCUT2D eigenvalue weighted by atomic mass is 10.2. The summed E-state index contributed by atoms with van der Waals surface area (Å²) >= 11 is 1.11. The van der Waals surface area contributed by atoms with Gasteiger partial charge in [-0.3, -0.25) is 9.69 Å². The number of furan rings is 1. The normalized spacial score (nSPS) is 10.7. The molecule has 0 unspecified atom stereocenters. The molecule has 6 nitrogen and oxygen atoms in total. The second-order valence-electron chi connectivity index (χ2n) is 6.32. The molecule has 0 aliphatic carbocycles. The number of anilines is 1. The number of amides is 1. The fraction of sp³-hybridized carbons (Fsp3) is 0.286. The first-order valence-electron chi connectivity index (χ1n) is 9.19. The average Bonchev–Trinajstić information content (AvgIpc) is 3.35. The van der Waals surface area contributed by atoms with Gasteiger partial charge in [0.1, 0.15) is 16.5 Å². The third-order valence-corrected chi connectivity index (χ3v) is 5.36. The van der Waals surface area contributed by atoms with Gasteiger partial charge in [-0.1, -0.05) is 23.5 Å². The zero-order valence-electron chi connectivity index (χ0n) is 16.2. The number of hydrogen-bond acceptors (Lipinski definition) is 6. The lowest BCUT2D eigenvalue weighted by Crippen LogP contribution is -2.30. The van der Waals surface area contributed by atoms with E-state index in [-0.39, 0.29) is 31.3 Å². The minimum Gasteiger partial charge on any atom is -0.469 e. The second-order valence-corrected chi connectivity index (χ2v) is 7.29. The van der Waals surface area contributed by atoms with Crippen LogP contribution in [-0.2, 0) is 22.5 Å². The van der Waals surface area contributed by atoms with E-state index in [1.165, 1.54) is 17.0 Å². The molecule has 0 saturated heterocycles. The fourth-order valence-electron chi connectivity index (χ4n) is 2.74. The van der Waals surface area contributed by atoms with Crippen molar-refractivity contribution in [2.24, 2.45) is 0 Å². The number of ether oxygens (including phenoxy) is 1. The molecule has 0 bridgehead atoms. The number of halogens is 1. The van der Waals surface area contributed by atoms with Gasteiger partial charge in [-0.15, -0.1) is 0 Å². The number of esters is 1. The lowest BCUT2D eigenvalue weighted by molar-refractivity contribution is -0.118. The molecule has 0 spiro atoms. The van der Waals surface area contributed by atoms with Crippen LogP contribution in [0.15, 0.2) is 47.1 Å². The summed E-state index contributed by atoms with van der Waals surface area (Å²) in [5, 5.41) is 0.402. The van der Waals surface area contributed by atoms with Gasteiger partial charge in [0.2, 0.25) is 5.91 Å². The van der Waals surface area contributed by atoms with E-state index < -0.39 is 5.97 Å². The second kappa shape index (κ2) is 9.47. The zero-order chi connectivity index (χ0) is 20.8. The van der Waals surface area contributed by atoms with Gasteiger partial charge in [-0.25, -0.2) is 14.2 Å². The van der Waals surface area contributed by atoms with Gasteiger partial charge >= 0.3 is 5.97 Å². The summed E-state index contributed by atoms with van der Waals surface area (Å²) in [4.78, 5) is 31.4. The van der Waals surface area contributed by atoms with Gasteiger partial charge < -0.3 is 9.15 Å². The SMILES string of the molecule is CCOC(=O)c1sc(N(Cc2ccc(F)cc2)C(=O)CCc2ccco2)nc1C. The molecule has 1 amide bonds. The summed E-state index contributed by atoms with van der Waals surface area (Å²) in [6.45, 7) is 3.91. The van der Waals surface area contributed by atoms with Gasteiger partial charge in [0.25, 0.3) is 0 Å². The van der Waals surface area contributed by atoms with E-state index in [2.05, 4.69) is 4.98 Å². The first-order valence-corrected chi connectivity index (χ1v) is 10.0. The molecular formula is C21H21FN2O4S. The van der Waals surface area contributed by atoms with Crippen LogP contribution in [0.5, 0.6) is 0 Å². The van der Waals surface area contributed by atoms with E-state index in [0.29, 0.717) is 27.9 Å². The van der Waals surface area contributed by atoms with Crippen molar-refractivity contribution in [3.63, 3.8) is 0 Å². The Morgan fingerprint density at radius 3 is 2.66 bits per heavy atom. The van der Waals surface area contributed by atoms with Gasteiger partial charge in [0, 0.05) is 12.8 Å². The number of rotatable bonds is 8. The topological polar surface area (TPSA) is 72.6 Å². The zero-order valence-corrected chi connectivity index (χ0v) is 17.0. The van der Waals surface area contributed by atoms with Crippen molar-refractivity contribution >= 4 is 28.3 Å². The summed E-state index contributed by atoms with van der Waals surface area (Å²) in [6, 6.07) is 9.51. The molecule has 0 aliphatic rings. The van der Waals surface area contributed by atoms with Crippen molar-refractivity contribution in [2.75, 3.05) is 11.5 Å². The Balaban J connectivity index is 1.85. The van der Waals surface area contributed by atoms with E-state index in [4.69, 9.17) is 9.15 Å². The highest BCUT2D eigenvalue weighted by molar-refractivity contribution is 7.17. The number of aryl methyl sites for hydroxylation is 2. The summed E-state index contributed by atoms with van der Waals surface area (Å²) < 4.78 is 23.6. The number of carbonyl (C=O) groups is 2. The largest absolute Gasteiger partial charge is 0.469 e. The molecule has 3 aromatic rings. The number of benzene rings is 1. The quantitative estimate of drug-likeness (QED) is 0.505. The minimum atomic E-state index is -0.460. The monoisotopic (exact) mass is 416 g/mol. The molecule has 152 valence electrons. The highest BCUT2D eigenvalue weighted by atomic mass is 32.1. The maximum atomic E-state index is 13.2. The Hall–Kier alpha value is -3.00. The van der Waals surface area contributed by atoms with Crippen LogP contribution < -0.4 is 4.90 Å². The standard InChI is InChI=1S/C21H21FN2O4S/c1-3-27-20(26)19-14(2)23-21(29-19)24(13-15-6-8-16(22)9-7-15)18(25)11-10-17-5-4-12-28-17/h4-9,12H,3,10-11,13H2,1-2H3. The Labute approximate surface area is 171 Å². The third-order valence-electron chi connectivity index (χ3n) is 4.20. The van der Waals surface area contributed by atoms with Crippen molar-refractivity contribution in [1.29, 1.82) is 0 Å². The van der Waals surface area contributed by atoms with Crippen LogP contribution in [0.1, 0.15) is 40.0 Å². The van der Waals surface area contributed by atoms with E-state index in [9.17, 15) is 14.0 Å². The molecule has 0 N–H and O–H groups in total. The Bertz CT molecular complexity index is 967. The average molecular weight is 416 g/mol. The van der Waals surface area contributed by atoms with Crippen LogP contribution in [-0.4, -0.2) is 23.5 Å². The van der Waals surface area contributed by atoms with E-state index in [1.54, 1.807) is 38.3 Å². The van der Waals surface area contributed by atoms with E-state index in [1.807, 2.05) is 6.07 Å². The summed E-state index contributed by atoms with van der Waals surface area (Å²) in [5.41, 5.74) is 1.26. The van der Waals surface area contributed by atoms with Crippen LogP contribution in [0.4, 0.5) is 9.52 Å². The molecule has 0 saturated carbocycles. The lowest BCUT2D eigenvalue weighted by Gasteiger charge is -2.20. The molecule has 2 aromatic heterocycles. The van der Waals surface area contributed by atoms with E-state index >= 15 is 0 Å². The molecule has 0 fully saturated rings. The van der Waals surface area contributed by atoms with Gasteiger partial charge in [0.15, 0.2) is 5.13 Å². The number of carbonyl (C=O) groups excluding carboxylic acids is 2. The van der Waals surface area contributed by atoms with Gasteiger partial charge in [-0.05, 0) is 43.7 Å². The van der Waals surface area contributed by atoms with Crippen molar-refractivity contribution in [1.82, 2.24) is 4.98 Å². The first kappa shape index (κ1) is 20.7. The molecular weight excluding hydrogens is 395 g/mol. The molecule has 0 aliphatic heterocycles. The third kappa shape index (κ3) is 5.29. The van der Waals surface area contributed by atoms with Crippen LogP contribution in [0, 0.1) is 12.7 Å². The number of hydrogen-bond donors (Lipinski definition) is 0. The van der Waals surface area contributed by atoms with Gasteiger partial charge in [-0.2, -0.15) is 0 Å². The summed E-state index contributed by atoms with van der Waals surface area (Å²) in [5.74, 6) is -0.268. The number of aromatic nitrogens is 1. The minimum absolute atomic E-state index is 0.171. The van der Waals surface area contributed by atoms with Crippen molar-refractivity contribution < 1.29 is 23.1 Å². The highest BCUT2D eigenvalue weighted by Gasteiger charge is 2.24. The summed E-state index contributed by atoms with van der Waals surface area (Å²) in [7, 11) is 0. The summed E-state index contributed by atoms with van der Waals surface area (Å²) in [6.07, 6.45) is 2.22. The first-order chi connectivity index (χ1) is 14.0. The van der Waals surface area contributed by atoms with Gasteiger partial charge in [0.05, 0.1) is 25.1 Å². The predicted molar refractivity (Wildman–Crippen MR) is 107 cm³/mol. The molecule has 2 heterocycles. The van der Waals surface area contributed by atoms with Crippen molar-refractivity contribution in [3.05, 3.63) is 70.4 Å². The molecule has 3 rings (SSSR count). The van der Waals surface area contributed by atoms with Crippen molar-refractivity contribution in [2.45, 2.75) is 33.2 Å². The number of nitrogens with zero attached hydrogens (tertiary/aromatic N) is 2.